The predicted octanol–water partition coefficient (Wildman–Crippen LogP) is 6.88. The van der Waals surface area contributed by atoms with E-state index < -0.39 is 0 Å². The molecule has 0 unspecified atom stereocenters. The van der Waals surface area contributed by atoms with Gasteiger partial charge in [0.05, 0.1) is 35.8 Å². The highest BCUT2D eigenvalue weighted by molar-refractivity contribution is 7.20. The number of hydrogen-bond donors (Lipinski definition) is 1. The molecule has 0 spiro atoms. The van der Waals surface area contributed by atoms with Gasteiger partial charge < -0.3 is 9.47 Å². The number of rotatable bonds is 10. The van der Waals surface area contributed by atoms with Crippen LogP contribution in [-0.4, -0.2) is 30.8 Å². The molecule has 180 valence electrons. The highest BCUT2D eigenvalue weighted by atomic mass is 32.1. The second kappa shape index (κ2) is 12.1. The van der Waals surface area contributed by atoms with Gasteiger partial charge in [-0.25, -0.2) is 9.98 Å². The summed E-state index contributed by atoms with van der Waals surface area (Å²) >= 11 is 1.58. The highest BCUT2D eigenvalue weighted by Crippen LogP contribution is 2.28. The number of benzene rings is 3. The van der Waals surface area contributed by atoms with Crippen molar-refractivity contribution >= 4 is 39.3 Å². The van der Waals surface area contributed by atoms with E-state index in [1.807, 2.05) is 60.7 Å². The Labute approximate surface area is 210 Å². The molecule has 0 aliphatic carbocycles. The second-order valence-corrected chi connectivity index (χ2v) is 9.15. The third-order valence-corrected chi connectivity index (χ3v) is 6.39. The van der Waals surface area contributed by atoms with Crippen LogP contribution in [0.2, 0.25) is 0 Å². The maximum absolute atomic E-state index is 5.88. The van der Waals surface area contributed by atoms with Gasteiger partial charge in [0.25, 0.3) is 0 Å². The molecule has 7 heteroatoms. The number of aromatic nitrogens is 1. The smallest absolute Gasteiger partial charge is 0.183 e. The van der Waals surface area contributed by atoms with Crippen LogP contribution in [0.1, 0.15) is 42.3 Å². The van der Waals surface area contributed by atoms with E-state index in [0.717, 1.165) is 51.5 Å². The summed E-state index contributed by atoms with van der Waals surface area (Å²) in [4.78, 5) is 9.54. The van der Waals surface area contributed by atoms with Gasteiger partial charge in [-0.2, -0.15) is 5.10 Å². The number of amidine groups is 1. The van der Waals surface area contributed by atoms with Crippen LogP contribution in [-0.2, 0) is 0 Å². The Balaban J connectivity index is 1.54. The van der Waals surface area contributed by atoms with E-state index in [0.29, 0.717) is 18.2 Å². The molecule has 0 saturated carbocycles. The lowest BCUT2D eigenvalue weighted by molar-refractivity contribution is 0.286. The van der Waals surface area contributed by atoms with Crippen molar-refractivity contribution in [2.24, 2.45) is 10.1 Å². The Morgan fingerprint density at radius 2 is 1.86 bits per heavy atom. The monoisotopic (exact) mass is 486 g/mol. The number of para-hydroxylation sites is 1. The Bertz CT molecular complexity index is 1280. The van der Waals surface area contributed by atoms with Crippen LogP contribution in [0.5, 0.6) is 11.5 Å². The van der Waals surface area contributed by atoms with Crippen LogP contribution < -0.4 is 14.9 Å². The standard InChI is InChI=1S/C28H30N4O2S/c1-4-5-8-17-34-24-16-13-21(18-25(24)33-3)19-29-32-27(30-22-14-11-20(2)12-15-22)28-31-23-9-6-7-10-26(23)35-28/h6-7,9-16,18-19H,4-5,8,17H2,1-3H3,(H,30,32). The van der Waals surface area contributed by atoms with E-state index in [2.05, 4.69) is 30.4 Å². The Morgan fingerprint density at radius 1 is 1.03 bits per heavy atom. The number of thiazole rings is 1. The van der Waals surface area contributed by atoms with Crippen molar-refractivity contribution in [2.75, 3.05) is 13.7 Å². The van der Waals surface area contributed by atoms with Gasteiger partial charge in [0.2, 0.25) is 0 Å². The van der Waals surface area contributed by atoms with E-state index in [1.54, 1.807) is 24.7 Å². The molecule has 6 nitrogen and oxygen atoms in total. The van der Waals surface area contributed by atoms with Gasteiger partial charge in [-0.15, -0.1) is 11.3 Å². The normalized spacial score (nSPS) is 11.8. The van der Waals surface area contributed by atoms with Crippen molar-refractivity contribution < 1.29 is 9.47 Å². The summed E-state index contributed by atoms with van der Waals surface area (Å²) in [6.45, 7) is 4.91. The number of hydrogen-bond acceptors (Lipinski definition) is 6. The van der Waals surface area contributed by atoms with Crippen LogP contribution in [0, 0.1) is 6.92 Å². The molecule has 4 aromatic rings. The van der Waals surface area contributed by atoms with Crippen LogP contribution in [0.15, 0.2) is 76.8 Å². The zero-order valence-electron chi connectivity index (χ0n) is 20.3. The van der Waals surface area contributed by atoms with E-state index in [1.165, 1.54) is 5.56 Å². The number of nitrogens with one attached hydrogen (secondary N) is 1. The van der Waals surface area contributed by atoms with Gasteiger partial charge in [-0.3, -0.25) is 5.43 Å². The van der Waals surface area contributed by atoms with Crippen molar-refractivity contribution in [3.8, 4) is 11.5 Å². The lowest BCUT2D eigenvalue weighted by Crippen LogP contribution is -2.18. The number of unbranched alkanes of at least 4 members (excludes halogenated alkanes) is 2. The van der Waals surface area contributed by atoms with E-state index in [4.69, 9.17) is 19.5 Å². The Hall–Kier alpha value is -3.71. The molecule has 0 saturated heterocycles. The van der Waals surface area contributed by atoms with Gasteiger partial charge in [-0.1, -0.05) is 49.6 Å². The van der Waals surface area contributed by atoms with Gasteiger partial charge in [-0.05, 0) is 61.4 Å². The van der Waals surface area contributed by atoms with Crippen LogP contribution in [0.4, 0.5) is 5.69 Å². The van der Waals surface area contributed by atoms with Gasteiger partial charge in [0.1, 0.15) is 0 Å². The third kappa shape index (κ3) is 6.67. The van der Waals surface area contributed by atoms with Crippen LogP contribution in [0.3, 0.4) is 0 Å². The molecule has 3 aromatic carbocycles. The third-order valence-electron chi connectivity index (χ3n) is 5.35. The number of hydrazone groups is 1. The summed E-state index contributed by atoms with van der Waals surface area (Å²) in [6, 6.07) is 21.9. The molecule has 0 atom stereocenters. The molecule has 0 radical (unpaired) electrons. The van der Waals surface area contributed by atoms with Gasteiger partial charge in [0.15, 0.2) is 22.3 Å². The number of fused-ring (bicyclic) bond motifs is 1. The van der Waals surface area contributed by atoms with Crippen molar-refractivity contribution in [1.82, 2.24) is 10.4 Å². The van der Waals surface area contributed by atoms with E-state index >= 15 is 0 Å². The molecular weight excluding hydrogens is 456 g/mol. The first-order valence-corrected chi connectivity index (χ1v) is 12.6. The van der Waals surface area contributed by atoms with E-state index in [9.17, 15) is 0 Å². The first kappa shape index (κ1) is 24.4. The number of nitrogens with zero attached hydrogens (tertiary/aromatic N) is 3. The number of aliphatic imine (C=N–C) groups is 1. The van der Waals surface area contributed by atoms with Crippen molar-refractivity contribution in [3.63, 3.8) is 0 Å². The Kier molecular flexibility index (Phi) is 8.46. The second-order valence-electron chi connectivity index (χ2n) is 8.12. The zero-order valence-corrected chi connectivity index (χ0v) is 21.1. The molecule has 1 N–H and O–H groups in total. The maximum atomic E-state index is 5.88. The van der Waals surface area contributed by atoms with Gasteiger partial charge >= 0.3 is 0 Å². The van der Waals surface area contributed by atoms with Crippen molar-refractivity contribution in [2.45, 2.75) is 33.1 Å². The van der Waals surface area contributed by atoms with Gasteiger partial charge in [0, 0.05) is 0 Å². The largest absolute Gasteiger partial charge is 0.493 e. The highest BCUT2D eigenvalue weighted by Gasteiger charge is 2.11. The quantitative estimate of drug-likeness (QED) is 0.115. The molecule has 1 aromatic heterocycles. The minimum Gasteiger partial charge on any atom is -0.493 e. The molecule has 0 aliphatic heterocycles. The average molecular weight is 487 g/mol. The lowest BCUT2D eigenvalue weighted by Gasteiger charge is -2.11. The molecule has 0 bridgehead atoms. The number of ether oxygens (including phenoxy) is 2. The molecular formula is C28H30N4O2S. The number of methoxy groups -OCH3 is 1. The summed E-state index contributed by atoms with van der Waals surface area (Å²) in [5.74, 6) is 2.02. The SMILES string of the molecule is CCCCCOc1ccc(C=NNC(=Nc2ccc(C)cc2)c2nc3ccccc3s2)cc1OC. The average Bonchev–Trinajstić information content (AvgIpc) is 3.32. The molecule has 0 fully saturated rings. The summed E-state index contributed by atoms with van der Waals surface area (Å²) in [5, 5.41) is 5.23. The first-order valence-electron chi connectivity index (χ1n) is 11.8. The minimum absolute atomic E-state index is 0.592. The zero-order chi connectivity index (χ0) is 24.5. The molecule has 35 heavy (non-hydrogen) atoms. The minimum atomic E-state index is 0.592. The fourth-order valence-corrected chi connectivity index (χ4v) is 4.33. The first-order chi connectivity index (χ1) is 17.2. The summed E-state index contributed by atoms with van der Waals surface area (Å²) < 4.78 is 12.5. The van der Waals surface area contributed by atoms with Crippen LogP contribution in [0.25, 0.3) is 10.2 Å². The van der Waals surface area contributed by atoms with Crippen LogP contribution >= 0.6 is 11.3 Å². The molecule has 0 aliphatic rings. The Morgan fingerprint density at radius 3 is 2.63 bits per heavy atom. The summed E-state index contributed by atoms with van der Waals surface area (Å²) in [6.07, 6.45) is 5.08. The number of aryl methyl sites for hydroxylation is 1. The summed E-state index contributed by atoms with van der Waals surface area (Å²) in [5.41, 5.74) is 6.94. The fourth-order valence-electron chi connectivity index (χ4n) is 3.43. The topological polar surface area (TPSA) is 68.1 Å². The van der Waals surface area contributed by atoms with E-state index in [-0.39, 0.29) is 0 Å². The molecule has 1 heterocycles. The van der Waals surface area contributed by atoms with Crippen molar-refractivity contribution in [1.29, 1.82) is 0 Å². The fraction of sp³-hybridized carbons (Fsp3) is 0.250. The van der Waals surface area contributed by atoms with Crippen molar-refractivity contribution in [3.05, 3.63) is 82.9 Å². The lowest BCUT2D eigenvalue weighted by atomic mass is 10.2. The molecule has 0 amide bonds. The molecule has 4 rings (SSSR count). The maximum Gasteiger partial charge on any atom is 0.183 e. The predicted molar refractivity (Wildman–Crippen MR) is 146 cm³/mol. The summed E-state index contributed by atoms with van der Waals surface area (Å²) in [7, 11) is 1.65.